The highest BCUT2D eigenvalue weighted by atomic mass is 16.5. The number of hydrogen-bond acceptors (Lipinski definition) is 4. The van der Waals surface area contributed by atoms with Gasteiger partial charge in [-0.1, -0.05) is 44.4 Å². The summed E-state index contributed by atoms with van der Waals surface area (Å²) in [5, 5.41) is 0. The molecule has 0 unspecified atom stereocenters. The number of rotatable bonds is 9. The van der Waals surface area contributed by atoms with E-state index in [-0.39, 0.29) is 5.91 Å². The molecular formula is C21H26N2O4. The molecule has 0 saturated carbocycles. The van der Waals surface area contributed by atoms with Crippen molar-refractivity contribution in [3.63, 3.8) is 0 Å². The van der Waals surface area contributed by atoms with Gasteiger partial charge in [0.1, 0.15) is 0 Å². The molecule has 0 radical (unpaired) electrons. The number of carbonyl (C=O) groups excluding carboxylic acids is 2. The summed E-state index contributed by atoms with van der Waals surface area (Å²) in [7, 11) is 1.53. The summed E-state index contributed by atoms with van der Waals surface area (Å²) in [5.74, 6) is 0.251. The molecule has 2 rings (SSSR count). The van der Waals surface area contributed by atoms with Gasteiger partial charge in [0.15, 0.2) is 11.5 Å². The SMILES string of the molecule is CCCCCCOc1ccc(C(=O)NNC(=O)c2ccccc2)cc1OC. The van der Waals surface area contributed by atoms with E-state index in [1.54, 1.807) is 42.5 Å². The van der Waals surface area contributed by atoms with E-state index >= 15 is 0 Å². The maximum atomic E-state index is 12.3. The lowest BCUT2D eigenvalue weighted by Gasteiger charge is -2.12. The van der Waals surface area contributed by atoms with Gasteiger partial charge < -0.3 is 9.47 Å². The van der Waals surface area contributed by atoms with Crippen molar-refractivity contribution in [1.29, 1.82) is 0 Å². The maximum absolute atomic E-state index is 12.3. The number of nitrogens with one attached hydrogen (secondary N) is 2. The highest BCUT2D eigenvalue weighted by molar-refractivity contribution is 5.99. The first-order chi connectivity index (χ1) is 13.2. The van der Waals surface area contributed by atoms with Gasteiger partial charge in [-0.15, -0.1) is 0 Å². The van der Waals surface area contributed by atoms with Crippen molar-refractivity contribution in [2.75, 3.05) is 13.7 Å². The highest BCUT2D eigenvalue weighted by Crippen LogP contribution is 2.28. The van der Waals surface area contributed by atoms with Gasteiger partial charge in [0.25, 0.3) is 11.8 Å². The van der Waals surface area contributed by atoms with Crippen LogP contribution in [-0.2, 0) is 0 Å². The number of hydrazine groups is 1. The topological polar surface area (TPSA) is 76.7 Å². The van der Waals surface area contributed by atoms with E-state index in [9.17, 15) is 9.59 Å². The van der Waals surface area contributed by atoms with Crippen LogP contribution in [0.4, 0.5) is 0 Å². The quantitative estimate of drug-likeness (QED) is 0.521. The van der Waals surface area contributed by atoms with Crippen molar-refractivity contribution in [3.05, 3.63) is 59.7 Å². The third-order valence-corrected chi connectivity index (χ3v) is 4.01. The van der Waals surface area contributed by atoms with Gasteiger partial charge in [-0.3, -0.25) is 20.4 Å². The lowest BCUT2D eigenvalue weighted by molar-refractivity contribution is 0.0846. The summed E-state index contributed by atoms with van der Waals surface area (Å²) in [6, 6.07) is 13.6. The van der Waals surface area contributed by atoms with Crippen molar-refractivity contribution in [2.45, 2.75) is 32.6 Å². The van der Waals surface area contributed by atoms with E-state index < -0.39 is 5.91 Å². The molecule has 0 fully saturated rings. The molecule has 0 atom stereocenters. The van der Waals surface area contributed by atoms with Crippen molar-refractivity contribution in [3.8, 4) is 11.5 Å². The van der Waals surface area contributed by atoms with Crippen LogP contribution >= 0.6 is 0 Å². The number of benzene rings is 2. The normalized spacial score (nSPS) is 10.1. The Balaban J connectivity index is 1.91. The molecule has 0 aromatic heterocycles. The number of carbonyl (C=O) groups is 2. The average Bonchev–Trinajstić information content (AvgIpc) is 2.72. The minimum absolute atomic E-state index is 0.360. The molecule has 2 aromatic carbocycles. The second-order valence-corrected chi connectivity index (χ2v) is 6.05. The molecule has 2 amide bonds. The first kappa shape index (κ1) is 20.3. The monoisotopic (exact) mass is 370 g/mol. The van der Waals surface area contributed by atoms with Crippen LogP contribution in [0.25, 0.3) is 0 Å². The van der Waals surface area contributed by atoms with Crippen molar-refractivity contribution >= 4 is 11.8 Å². The first-order valence-electron chi connectivity index (χ1n) is 9.12. The largest absolute Gasteiger partial charge is 0.493 e. The molecule has 144 valence electrons. The summed E-state index contributed by atoms with van der Waals surface area (Å²) in [5.41, 5.74) is 5.61. The maximum Gasteiger partial charge on any atom is 0.269 e. The zero-order valence-electron chi connectivity index (χ0n) is 15.8. The van der Waals surface area contributed by atoms with E-state index in [2.05, 4.69) is 17.8 Å². The molecule has 2 N–H and O–H groups in total. The second kappa shape index (κ2) is 10.9. The molecule has 2 aromatic rings. The Labute approximate surface area is 159 Å². The third kappa shape index (κ3) is 6.33. The van der Waals surface area contributed by atoms with E-state index in [1.807, 2.05) is 6.07 Å². The Hall–Kier alpha value is -3.02. The van der Waals surface area contributed by atoms with Gasteiger partial charge in [0, 0.05) is 11.1 Å². The summed E-state index contributed by atoms with van der Waals surface area (Å²) < 4.78 is 11.1. The lowest BCUT2D eigenvalue weighted by Crippen LogP contribution is -2.41. The zero-order chi connectivity index (χ0) is 19.5. The summed E-state index contributed by atoms with van der Waals surface area (Å²) in [6.45, 7) is 2.77. The minimum atomic E-state index is -0.438. The second-order valence-electron chi connectivity index (χ2n) is 6.05. The molecule has 0 heterocycles. The van der Waals surface area contributed by atoms with Crippen LogP contribution in [-0.4, -0.2) is 25.5 Å². The van der Waals surface area contributed by atoms with Crippen LogP contribution < -0.4 is 20.3 Å². The summed E-state index contributed by atoms with van der Waals surface area (Å²) in [6.07, 6.45) is 4.47. The molecule has 0 aliphatic heterocycles. The summed E-state index contributed by atoms with van der Waals surface area (Å²) >= 11 is 0. The zero-order valence-corrected chi connectivity index (χ0v) is 15.8. The van der Waals surface area contributed by atoms with Crippen LogP contribution in [0.1, 0.15) is 53.3 Å². The fraction of sp³-hybridized carbons (Fsp3) is 0.333. The van der Waals surface area contributed by atoms with E-state index in [0.29, 0.717) is 29.2 Å². The standard InChI is InChI=1S/C21H26N2O4/c1-3-4-5-9-14-27-18-13-12-17(15-19(18)26-2)21(25)23-22-20(24)16-10-7-6-8-11-16/h6-8,10-13,15H,3-5,9,14H2,1-2H3,(H,22,24)(H,23,25). The predicted molar refractivity (Wildman–Crippen MR) is 104 cm³/mol. The number of amides is 2. The molecule has 0 aliphatic carbocycles. The van der Waals surface area contributed by atoms with Crippen molar-refractivity contribution < 1.29 is 19.1 Å². The van der Waals surface area contributed by atoms with E-state index in [4.69, 9.17) is 9.47 Å². The number of ether oxygens (including phenoxy) is 2. The fourth-order valence-corrected chi connectivity index (χ4v) is 2.49. The fourth-order valence-electron chi connectivity index (χ4n) is 2.49. The predicted octanol–water partition coefficient (Wildman–Crippen LogP) is 3.73. The Kier molecular flexibility index (Phi) is 8.16. The molecule has 6 nitrogen and oxygen atoms in total. The van der Waals surface area contributed by atoms with Gasteiger partial charge in [0.2, 0.25) is 0 Å². The Morgan fingerprint density at radius 1 is 0.852 bits per heavy atom. The van der Waals surface area contributed by atoms with Gasteiger partial charge >= 0.3 is 0 Å². The third-order valence-electron chi connectivity index (χ3n) is 4.01. The van der Waals surface area contributed by atoms with Crippen LogP contribution in [0.3, 0.4) is 0 Å². The molecule has 6 heteroatoms. The number of hydrogen-bond donors (Lipinski definition) is 2. The number of methoxy groups -OCH3 is 1. The van der Waals surface area contributed by atoms with Crippen LogP contribution in [0.15, 0.2) is 48.5 Å². The van der Waals surface area contributed by atoms with E-state index in [1.165, 1.54) is 20.0 Å². The lowest BCUT2D eigenvalue weighted by atomic mass is 10.2. The molecule has 0 saturated heterocycles. The molecule has 0 bridgehead atoms. The van der Waals surface area contributed by atoms with Crippen LogP contribution in [0.5, 0.6) is 11.5 Å². The minimum Gasteiger partial charge on any atom is -0.493 e. The van der Waals surface area contributed by atoms with E-state index in [0.717, 1.165) is 12.8 Å². The van der Waals surface area contributed by atoms with Gasteiger partial charge in [-0.05, 0) is 36.8 Å². The smallest absolute Gasteiger partial charge is 0.269 e. The average molecular weight is 370 g/mol. The van der Waals surface area contributed by atoms with Crippen molar-refractivity contribution in [2.24, 2.45) is 0 Å². The van der Waals surface area contributed by atoms with Crippen molar-refractivity contribution in [1.82, 2.24) is 10.9 Å². The van der Waals surface area contributed by atoms with Crippen LogP contribution in [0.2, 0.25) is 0 Å². The first-order valence-corrected chi connectivity index (χ1v) is 9.12. The highest BCUT2D eigenvalue weighted by Gasteiger charge is 2.12. The molecule has 0 aliphatic rings. The number of unbranched alkanes of at least 4 members (excludes halogenated alkanes) is 3. The Bertz CT molecular complexity index is 747. The van der Waals surface area contributed by atoms with Gasteiger partial charge in [-0.25, -0.2) is 0 Å². The summed E-state index contributed by atoms with van der Waals surface area (Å²) in [4.78, 5) is 24.3. The molecular weight excluding hydrogens is 344 g/mol. The van der Waals surface area contributed by atoms with Gasteiger partial charge in [-0.2, -0.15) is 0 Å². The van der Waals surface area contributed by atoms with Crippen LogP contribution in [0, 0.1) is 0 Å². The Morgan fingerprint density at radius 3 is 2.22 bits per heavy atom. The molecule has 27 heavy (non-hydrogen) atoms. The molecule has 0 spiro atoms. The Morgan fingerprint density at radius 2 is 1.56 bits per heavy atom. The van der Waals surface area contributed by atoms with Gasteiger partial charge in [0.05, 0.1) is 13.7 Å².